The highest BCUT2D eigenvalue weighted by molar-refractivity contribution is 6.17. The number of para-hydroxylation sites is 2. The fourth-order valence-corrected chi connectivity index (χ4v) is 9.47. The lowest BCUT2D eigenvalue weighted by atomic mass is 9.93. The number of benzene rings is 10. The summed E-state index contributed by atoms with van der Waals surface area (Å²) in [4.78, 5) is 15.8. The molecule has 5 nitrogen and oxygen atoms in total. The number of nitrogens with zero attached hydrogens (tertiary/aromatic N) is 4. The van der Waals surface area contributed by atoms with Gasteiger partial charge >= 0.3 is 0 Å². The van der Waals surface area contributed by atoms with Gasteiger partial charge in [0.1, 0.15) is 11.2 Å². The SMILES string of the molecule is c1ccc(-c2nc(-c3ccc(-n4c5cc6ccccc6cc5c5cc6ccccc6cc54)cc3-c3cccc4ccccc34)nc(-c3cccc4c3oc3ccccc34)n2)cc1. The van der Waals surface area contributed by atoms with Crippen LogP contribution >= 0.6 is 0 Å². The minimum absolute atomic E-state index is 0.549. The van der Waals surface area contributed by atoms with E-state index in [0.29, 0.717) is 17.5 Å². The Labute approximate surface area is 355 Å². The smallest absolute Gasteiger partial charge is 0.167 e. The van der Waals surface area contributed by atoms with Crippen LogP contribution in [0.4, 0.5) is 0 Å². The van der Waals surface area contributed by atoms with Gasteiger partial charge in [-0.3, -0.25) is 0 Å². The monoisotopic (exact) mass is 790 g/mol. The summed E-state index contributed by atoms with van der Waals surface area (Å²) in [6.45, 7) is 0. The van der Waals surface area contributed by atoms with Crippen LogP contribution in [0.3, 0.4) is 0 Å². The zero-order valence-corrected chi connectivity index (χ0v) is 33.3. The van der Waals surface area contributed by atoms with Crippen molar-refractivity contribution in [1.82, 2.24) is 19.5 Å². The van der Waals surface area contributed by atoms with E-state index in [0.717, 1.165) is 77.2 Å². The molecular formula is C57H34N4O. The van der Waals surface area contributed by atoms with Gasteiger partial charge in [-0.05, 0) is 98.0 Å². The average Bonchev–Trinajstić information content (AvgIpc) is 3.87. The number of fused-ring (bicyclic) bond motifs is 9. The average molecular weight is 791 g/mol. The molecule has 62 heavy (non-hydrogen) atoms. The van der Waals surface area contributed by atoms with Gasteiger partial charge < -0.3 is 8.98 Å². The molecule has 0 bridgehead atoms. The van der Waals surface area contributed by atoms with Crippen LogP contribution in [0.15, 0.2) is 211 Å². The second-order valence-electron chi connectivity index (χ2n) is 16.0. The maximum Gasteiger partial charge on any atom is 0.167 e. The maximum atomic E-state index is 6.55. The van der Waals surface area contributed by atoms with Gasteiger partial charge in [0.25, 0.3) is 0 Å². The van der Waals surface area contributed by atoms with Crippen molar-refractivity contribution in [2.24, 2.45) is 0 Å². The molecule has 5 heteroatoms. The number of aromatic nitrogens is 4. The molecule has 0 aliphatic carbocycles. The van der Waals surface area contributed by atoms with Crippen molar-refractivity contribution < 1.29 is 4.42 Å². The molecule has 0 spiro atoms. The molecule has 0 aliphatic rings. The van der Waals surface area contributed by atoms with Gasteiger partial charge in [0.05, 0.1) is 16.6 Å². The molecule has 0 atom stereocenters. The molecule has 3 aromatic heterocycles. The van der Waals surface area contributed by atoms with Crippen molar-refractivity contribution in [2.75, 3.05) is 0 Å². The zero-order valence-electron chi connectivity index (χ0n) is 33.3. The van der Waals surface area contributed by atoms with E-state index in [4.69, 9.17) is 19.4 Å². The standard InChI is InChI=1S/C57H34N4O/c1-2-15-36(16-3-1)55-58-56(60-57(59-55)47-26-13-25-45-44-23-10-11-27-53(44)62-54(45)47)46-29-28-41(34-48(46)43-24-12-21-35-14-8-9-22-42(35)43)61-51-32-39-19-6-4-17-37(39)30-49(51)50-31-38-18-5-7-20-40(38)33-52(50)61/h1-34H. The van der Waals surface area contributed by atoms with Crippen LogP contribution in [0.2, 0.25) is 0 Å². The highest BCUT2D eigenvalue weighted by Crippen LogP contribution is 2.42. The Bertz CT molecular complexity index is 3840. The number of rotatable bonds is 5. The molecule has 0 saturated carbocycles. The minimum atomic E-state index is 0.549. The molecule has 10 aromatic carbocycles. The van der Waals surface area contributed by atoms with Gasteiger partial charge in [0, 0.05) is 38.4 Å². The quantitative estimate of drug-likeness (QED) is 0.174. The Kier molecular flexibility index (Phi) is 7.54. The predicted octanol–water partition coefficient (Wildman–Crippen LogP) is 15.0. The van der Waals surface area contributed by atoms with Crippen LogP contribution < -0.4 is 0 Å². The lowest BCUT2D eigenvalue weighted by Crippen LogP contribution is -2.02. The lowest BCUT2D eigenvalue weighted by molar-refractivity contribution is 0.669. The summed E-state index contributed by atoms with van der Waals surface area (Å²) in [5.41, 5.74) is 9.67. The zero-order chi connectivity index (χ0) is 40.7. The van der Waals surface area contributed by atoms with Crippen LogP contribution in [0, 0.1) is 0 Å². The number of hydrogen-bond acceptors (Lipinski definition) is 4. The van der Waals surface area contributed by atoms with E-state index in [9.17, 15) is 0 Å². The van der Waals surface area contributed by atoms with E-state index < -0.39 is 0 Å². The molecule has 3 heterocycles. The van der Waals surface area contributed by atoms with Crippen LogP contribution in [0.5, 0.6) is 0 Å². The Morgan fingerprint density at radius 1 is 0.323 bits per heavy atom. The first-order valence-electron chi connectivity index (χ1n) is 20.9. The van der Waals surface area contributed by atoms with Crippen molar-refractivity contribution in [3.8, 4) is 51.0 Å². The molecule has 0 saturated heterocycles. The van der Waals surface area contributed by atoms with Gasteiger partial charge in [-0.2, -0.15) is 0 Å². The van der Waals surface area contributed by atoms with Crippen molar-refractivity contribution in [2.45, 2.75) is 0 Å². The van der Waals surface area contributed by atoms with Crippen molar-refractivity contribution in [1.29, 1.82) is 0 Å². The Hall–Kier alpha value is -8.41. The summed E-state index contributed by atoms with van der Waals surface area (Å²) in [6.07, 6.45) is 0. The van der Waals surface area contributed by atoms with Crippen molar-refractivity contribution >= 4 is 76.1 Å². The molecule has 0 fully saturated rings. The van der Waals surface area contributed by atoms with Crippen LogP contribution in [0.25, 0.3) is 127 Å². The summed E-state index contributed by atoms with van der Waals surface area (Å²) < 4.78 is 8.98. The Morgan fingerprint density at radius 2 is 0.855 bits per heavy atom. The van der Waals surface area contributed by atoms with Crippen LogP contribution in [0.1, 0.15) is 0 Å². The molecule has 13 rings (SSSR count). The molecule has 13 aromatic rings. The van der Waals surface area contributed by atoms with Gasteiger partial charge in [0.2, 0.25) is 0 Å². The molecule has 288 valence electrons. The lowest BCUT2D eigenvalue weighted by Gasteiger charge is -2.17. The minimum Gasteiger partial charge on any atom is -0.455 e. The van der Waals surface area contributed by atoms with Gasteiger partial charge in [0.15, 0.2) is 17.5 Å². The summed E-state index contributed by atoms with van der Waals surface area (Å²) in [5, 5.41) is 11.7. The van der Waals surface area contributed by atoms with E-state index in [1.807, 2.05) is 42.5 Å². The molecule has 0 amide bonds. The van der Waals surface area contributed by atoms with Crippen LogP contribution in [-0.4, -0.2) is 19.5 Å². The first kappa shape index (κ1) is 34.5. The van der Waals surface area contributed by atoms with Gasteiger partial charge in [-0.15, -0.1) is 0 Å². The van der Waals surface area contributed by atoms with E-state index in [2.05, 4.69) is 168 Å². The third-order valence-corrected chi connectivity index (χ3v) is 12.4. The van der Waals surface area contributed by atoms with Gasteiger partial charge in [-0.25, -0.2) is 15.0 Å². The summed E-state index contributed by atoms with van der Waals surface area (Å²) >= 11 is 0. The predicted molar refractivity (Wildman–Crippen MR) is 256 cm³/mol. The van der Waals surface area contributed by atoms with E-state index >= 15 is 0 Å². The maximum absolute atomic E-state index is 6.55. The van der Waals surface area contributed by atoms with E-state index in [-0.39, 0.29) is 0 Å². The second-order valence-corrected chi connectivity index (χ2v) is 16.0. The van der Waals surface area contributed by atoms with E-state index in [1.54, 1.807) is 0 Å². The first-order valence-corrected chi connectivity index (χ1v) is 20.9. The second kappa shape index (κ2) is 13.6. The highest BCUT2D eigenvalue weighted by Gasteiger charge is 2.22. The molecule has 0 N–H and O–H groups in total. The summed E-state index contributed by atoms with van der Waals surface area (Å²) in [6, 6.07) is 73.0. The fraction of sp³-hybridized carbons (Fsp3) is 0. The van der Waals surface area contributed by atoms with Crippen molar-refractivity contribution in [3.63, 3.8) is 0 Å². The normalized spacial score (nSPS) is 11.9. The van der Waals surface area contributed by atoms with Gasteiger partial charge in [-0.1, -0.05) is 152 Å². The third kappa shape index (κ3) is 5.38. The first-order chi connectivity index (χ1) is 30.7. The third-order valence-electron chi connectivity index (χ3n) is 12.4. The number of hydrogen-bond donors (Lipinski definition) is 0. The molecule has 0 aliphatic heterocycles. The van der Waals surface area contributed by atoms with Crippen LogP contribution in [-0.2, 0) is 0 Å². The Balaban J connectivity index is 1.11. The Morgan fingerprint density at radius 3 is 1.58 bits per heavy atom. The van der Waals surface area contributed by atoms with Crippen molar-refractivity contribution in [3.05, 3.63) is 206 Å². The highest BCUT2D eigenvalue weighted by atomic mass is 16.3. The van der Waals surface area contributed by atoms with E-state index in [1.165, 1.54) is 32.3 Å². The molecular weight excluding hydrogens is 757 g/mol. The topological polar surface area (TPSA) is 56.7 Å². The summed E-state index contributed by atoms with van der Waals surface area (Å²) in [5.74, 6) is 1.72. The number of furan rings is 1. The largest absolute Gasteiger partial charge is 0.455 e. The molecule has 0 unspecified atom stereocenters. The fourth-order valence-electron chi connectivity index (χ4n) is 9.47. The summed E-state index contributed by atoms with van der Waals surface area (Å²) in [7, 11) is 0. The molecule has 0 radical (unpaired) electrons.